The molecule has 2 amide bonds. The molecule has 3 atom stereocenters. The van der Waals surface area contributed by atoms with Gasteiger partial charge in [-0.3, -0.25) is 0 Å². The maximum absolute atomic E-state index is 12.7. The van der Waals surface area contributed by atoms with Gasteiger partial charge in [0.1, 0.15) is 0 Å². The minimum atomic E-state index is -0.246. The monoisotopic (exact) mass is 322 g/mol. The predicted molar refractivity (Wildman–Crippen MR) is 92.8 cm³/mol. The quantitative estimate of drug-likeness (QED) is 0.913. The lowest BCUT2D eigenvalue weighted by atomic mass is 9.93. The minimum absolute atomic E-state index is 0.0444. The fourth-order valence-electron chi connectivity index (χ4n) is 3.76. The molecule has 124 valence electrons. The Labute approximate surface area is 142 Å². The number of hydrogen-bond acceptors (Lipinski definition) is 2. The average Bonchev–Trinajstić information content (AvgIpc) is 3.40. The number of carbonyl (C=O) groups is 1. The summed E-state index contributed by atoms with van der Waals surface area (Å²) in [6.45, 7) is 0.605. The highest BCUT2D eigenvalue weighted by Gasteiger charge is 2.41. The van der Waals surface area contributed by atoms with Gasteiger partial charge in [0.2, 0.25) is 0 Å². The molecule has 2 N–H and O–H groups in total. The summed E-state index contributed by atoms with van der Waals surface area (Å²) in [5.74, 6) is 0.416. The van der Waals surface area contributed by atoms with Crippen molar-refractivity contribution in [2.45, 2.75) is 30.8 Å². The second-order valence-electron chi connectivity index (χ2n) is 6.65. The van der Waals surface area contributed by atoms with Crippen molar-refractivity contribution >= 4 is 6.03 Å². The van der Waals surface area contributed by atoms with Gasteiger partial charge in [0.15, 0.2) is 0 Å². The molecule has 4 nitrogen and oxygen atoms in total. The van der Waals surface area contributed by atoms with E-state index in [1.807, 2.05) is 36.4 Å². The van der Waals surface area contributed by atoms with Gasteiger partial charge < -0.3 is 15.3 Å². The third kappa shape index (κ3) is 2.78. The van der Waals surface area contributed by atoms with Crippen LogP contribution < -0.4 is 5.32 Å². The first-order valence-corrected chi connectivity index (χ1v) is 8.58. The van der Waals surface area contributed by atoms with Crippen LogP contribution >= 0.6 is 0 Å². The molecule has 1 saturated carbocycles. The number of nitrogens with zero attached hydrogens (tertiary/aromatic N) is 1. The van der Waals surface area contributed by atoms with Crippen LogP contribution in [0, 0.1) is 0 Å². The molecule has 0 saturated heterocycles. The van der Waals surface area contributed by atoms with Gasteiger partial charge in [0.25, 0.3) is 0 Å². The van der Waals surface area contributed by atoms with Crippen LogP contribution in [0.3, 0.4) is 0 Å². The molecule has 1 aliphatic carbocycles. The third-order valence-corrected chi connectivity index (χ3v) is 5.17. The van der Waals surface area contributed by atoms with E-state index >= 15 is 0 Å². The highest BCUT2D eigenvalue weighted by atomic mass is 16.3. The molecule has 1 fully saturated rings. The number of benzene rings is 2. The molecule has 2 aliphatic rings. The van der Waals surface area contributed by atoms with Crippen molar-refractivity contribution in [3.8, 4) is 0 Å². The lowest BCUT2D eigenvalue weighted by Gasteiger charge is -2.36. The van der Waals surface area contributed by atoms with Crippen molar-refractivity contribution in [2.75, 3.05) is 13.2 Å². The van der Waals surface area contributed by atoms with Crippen LogP contribution in [0.4, 0.5) is 4.79 Å². The molecule has 0 radical (unpaired) electrons. The van der Waals surface area contributed by atoms with E-state index < -0.39 is 0 Å². The Bertz CT molecular complexity index is 731. The summed E-state index contributed by atoms with van der Waals surface area (Å²) in [6.07, 6.45) is 1.83. The van der Waals surface area contributed by atoms with Crippen LogP contribution in [0.25, 0.3) is 0 Å². The van der Waals surface area contributed by atoms with Crippen LogP contribution in [0.2, 0.25) is 0 Å². The predicted octanol–water partition coefficient (Wildman–Crippen LogP) is 2.84. The minimum Gasteiger partial charge on any atom is -0.394 e. The molecule has 1 heterocycles. The zero-order valence-electron chi connectivity index (χ0n) is 13.6. The highest BCUT2D eigenvalue weighted by molar-refractivity contribution is 5.76. The maximum Gasteiger partial charge on any atom is 0.318 e. The van der Waals surface area contributed by atoms with Crippen LogP contribution in [0.5, 0.6) is 0 Å². The van der Waals surface area contributed by atoms with E-state index in [0.29, 0.717) is 12.5 Å². The first kappa shape index (κ1) is 15.2. The van der Waals surface area contributed by atoms with Gasteiger partial charge in [-0.05, 0) is 29.5 Å². The second kappa shape index (κ2) is 6.29. The normalized spacial score (nSPS) is 25.0. The summed E-state index contributed by atoms with van der Waals surface area (Å²) in [7, 11) is 0. The molecule has 1 aliphatic heterocycles. The van der Waals surface area contributed by atoms with E-state index in [9.17, 15) is 9.90 Å². The molecule has 4 rings (SSSR count). The van der Waals surface area contributed by atoms with Crippen LogP contribution in [-0.4, -0.2) is 35.2 Å². The first-order chi connectivity index (χ1) is 11.8. The van der Waals surface area contributed by atoms with E-state index in [1.54, 1.807) is 4.90 Å². The number of nitrogens with one attached hydrogen (secondary N) is 1. The Balaban J connectivity index is 1.44. The molecule has 24 heavy (non-hydrogen) atoms. The Morgan fingerprint density at radius 3 is 2.67 bits per heavy atom. The largest absolute Gasteiger partial charge is 0.394 e. The van der Waals surface area contributed by atoms with Gasteiger partial charge in [-0.2, -0.15) is 0 Å². The number of amides is 2. The number of rotatable bonds is 3. The van der Waals surface area contributed by atoms with Crippen molar-refractivity contribution in [3.05, 3.63) is 71.3 Å². The molecule has 4 heteroatoms. The van der Waals surface area contributed by atoms with Crippen molar-refractivity contribution in [3.63, 3.8) is 0 Å². The van der Waals surface area contributed by atoms with E-state index in [1.165, 1.54) is 11.1 Å². The summed E-state index contributed by atoms with van der Waals surface area (Å²) < 4.78 is 0. The summed E-state index contributed by atoms with van der Waals surface area (Å²) in [5.41, 5.74) is 3.58. The molecular weight excluding hydrogens is 300 g/mol. The average molecular weight is 322 g/mol. The molecule has 0 bridgehead atoms. The number of aliphatic hydroxyl groups excluding tert-OH is 1. The van der Waals surface area contributed by atoms with Crippen molar-refractivity contribution < 1.29 is 9.90 Å². The van der Waals surface area contributed by atoms with Crippen molar-refractivity contribution in [1.29, 1.82) is 0 Å². The fourth-order valence-corrected chi connectivity index (χ4v) is 3.76. The third-order valence-electron chi connectivity index (χ3n) is 5.17. The Morgan fingerprint density at radius 1 is 1.12 bits per heavy atom. The highest BCUT2D eigenvalue weighted by Crippen LogP contribution is 2.41. The lowest BCUT2D eigenvalue weighted by molar-refractivity contribution is 0.126. The number of urea groups is 1. The fraction of sp³-hybridized carbons (Fsp3) is 0.350. The number of fused-ring (bicyclic) bond motifs is 1. The van der Waals surface area contributed by atoms with Gasteiger partial charge in [0.05, 0.1) is 12.6 Å². The summed E-state index contributed by atoms with van der Waals surface area (Å²) in [5, 5.41) is 13.0. The van der Waals surface area contributed by atoms with Crippen LogP contribution in [0.1, 0.15) is 35.1 Å². The summed E-state index contributed by atoms with van der Waals surface area (Å²) in [4.78, 5) is 14.5. The van der Waals surface area contributed by atoms with E-state index in [0.717, 1.165) is 18.4 Å². The topological polar surface area (TPSA) is 52.6 Å². The zero-order chi connectivity index (χ0) is 16.5. The molecular formula is C20H22N2O2. The van der Waals surface area contributed by atoms with Gasteiger partial charge in [-0.1, -0.05) is 54.6 Å². The Morgan fingerprint density at radius 2 is 1.88 bits per heavy atom. The number of aliphatic hydroxyl groups is 1. The van der Waals surface area contributed by atoms with E-state index in [4.69, 9.17) is 0 Å². The maximum atomic E-state index is 12.7. The van der Waals surface area contributed by atoms with Gasteiger partial charge >= 0.3 is 6.03 Å². The van der Waals surface area contributed by atoms with Gasteiger partial charge in [-0.15, -0.1) is 0 Å². The van der Waals surface area contributed by atoms with Crippen LogP contribution in [0.15, 0.2) is 54.6 Å². The summed E-state index contributed by atoms with van der Waals surface area (Å²) >= 11 is 0. The smallest absolute Gasteiger partial charge is 0.318 e. The summed E-state index contributed by atoms with van der Waals surface area (Å²) in [6, 6.07) is 18.3. The molecule has 2 aromatic rings. The zero-order valence-corrected chi connectivity index (χ0v) is 13.6. The number of carbonyl (C=O) groups excluding carboxylic acids is 1. The van der Waals surface area contributed by atoms with E-state index in [2.05, 4.69) is 23.5 Å². The van der Waals surface area contributed by atoms with E-state index in [-0.39, 0.29) is 24.7 Å². The first-order valence-electron chi connectivity index (χ1n) is 8.58. The van der Waals surface area contributed by atoms with Gasteiger partial charge in [0, 0.05) is 18.5 Å². The second-order valence-corrected chi connectivity index (χ2v) is 6.65. The molecule has 0 spiro atoms. The lowest BCUT2D eigenvalue weighted by Crippen LogP contribution is -2.47. The molecule has 2 aromatic carbocycles. The van der Waals surface area contributed by atoms with Crippen molar-refractivity contribution in [2.24, 2.45) is 0 Å². The standard InChI is InChI=1S/C20H22N2O2/c23-13-19-16-9-5-4-8-15(16)10-11-22(19)20(24)21-18-12-17(18)14-6-2-1-3-7-14/h1-9,17-19,23H,10-13H2,(H,21,24). The SMILES string of the molecule is O=C(NC1CC1c1ccccc1)N1CCc2ccccc2C1CO. The molecule has 3 unspecified atom stereocenters. The Hall–Kier alpha value is -2.33. The number of hydrogen-bond donors (Lipinski definition) is 2. The Kier molecular flexibility index (Phi) is 3.98. The van der Waals surface area contributed by atoms with Crippen molar-refractivity contribution in [1.82, 2.24) is 10.2 Å². The van der Waals surface area contributed by atoms with Gasteiger partial charge in [-0.25, -0.2) is 4.79 Å². The molecule has 0 aromatic heterocycles. The van der Waals surface area contributed by atoms with Crippen LogP contribution in [-0.2, 0) is 6.42 Å².